The lowest BCUT2D eigenvalue weighted by Gasteiger charge is -2.22. The van der Waals surface area contributed by atoms with Gasteiger partial charge in [-0.05, 0) is 24.3 Å². The number of nitrogens with zero attached hydrogens (tertiary/aromatic N) is 1. The molecule has 0 aromatic heterocycles. The Labute approximate surface area is 147 Å². The minimum atomic E-state index is -1.71. The van der Waals surface area contributed by atoms with Gasteiger partial charge in [0.2, 0.25) is 5.91 Å². The Morgan fingerprint density at radius 1 is 1.08 bits per heavy atom. The molecule has 2 amide bonds. The first-order chi connectivity index (χ1) is 11.8. The Bertz CT molecular complexity index is 814. The fraction of sp³-hybridized carbons (Fsp3) is 0.176. The zero-order valence-electron chi connectivity index (χ0n) is 13.2. The molecule has 0 saturated heterocycles. The second kappa shape index (κ2) is 8.02. The molecule has 0 spiro atoms. The van der Waals surface area contributed by atoms with Gasteiger partial charge in [-0.2, -0.15) is 0 Å². The van der Waals surface area contributed by atoms with E-state index < -0.39 is 28.9 Å². The van der Waals surface area contributed by atoms with Gasteiger partial charge in [0, 0.05) is 20.0 Å². The number of halogens is 4. The molecule has 0 aliphatic heterocycles. The van der Waals surface area contributed by atoms with Crippen molar-refractivity contribution in [3.63, 3.8) is 0 Å². The van der Waals surface area contributed by atoms with Crippen LogP contribution >= 0.6 is 11.6 Å². The van der Waals surface area contributed by atoms with E-state index in [9.17, 15) is 22.8 Å². The van der Waals surface area contributed by atoms with Crippen LogP contribution in [0.5, 0.6) is 0 Å². The quantitative estimate of drug-likeness (QED) is 0.818. The summed E-state index contributed by atoms with van der Waals surface area (Å²) in [5, 5.41) is 2.71. The van der Waals surface area contributed by atoms with Crippen molar-refractivity contribution in [1.29, 1.82) is 0 Å². The van der Waals surface area contributed by atoms with Crippen LogP contribution in [-0.4, -0.2) is 24.9 Å². The zero-order valence-corrected chi connectivity index (χ0v) is 13.9. The lowest BCUT2D eigenvalue weighted by Crippen LogP contribution is -2.38. The number of benzene rings is 2. The first kappa shape index (κ1) is 18.8. The average molecular weight is 371 g/mol. The lowest BCUT2D eigenvalue weighted by atomic mass is 10.2. The molecule has 1 N–H and O–H groups in total. The molecule has 25 heavy (non-hydrogen) atoms. The van der Waals surface area contributed by atoms with Gasteiger partial charge < -0.3 is 10.2 Å². The maximum atomic E-state index is 13.6. The SMILES string of the molecule is CC(=O)N(CCNC(=O)c1ccc(F)c(F)c1F)c1ccccc1Cl. The highest BCUT2D eigenvalue weighted by Crippen LogP contribution is 2.25. The number of hydrogen-bond acceptors (Lipinski definition) is 2. The van der Waals surface area contributed by atoms with Crippen molar-refractivity contribution in [3.8, 4) is 0 Å². The summed E-state index contributed by atoms with van der Waals surface area (Å²) < 4.78 is 39.7. The first-order valence-corrected chi connectivity index (χ1v) is 7.65. The van der Waals surface area contributed by atoms with E-state index in [-0.39, 0.29) is 19.0 Å². The molecule has 4 nitrogen and oxygen atoms in total. The van der Waals surface area contributed by atoms with Crippen LogP contribution in [0.2, 0.25) is 5.02 Å². The molecule has 132 valence electrons. The molecule has 0 aliphatic carbocycles. The minimum Gasteiger partial charge on any atom is -0.350 e. The normalized spacial score (nSPS) is 10.4. The topological polar surface area (TPSA) is 49.4 Å². The molecule has 2 rings (SSSR count). The summed E-state index contributed by atoms with van der Waals surface area (Å²) in [5.74, 6) is -5.88. The van der Waals surface area contributed by atoms with Crippen molar-refractivity contribution in [2.45, 2.75) is 6.92 Å². The Balaban J connectivity index is 2.06. The average Bonchev–Trinajstić information content (AvgIpc) is 2.57. The molecule has 0 heterocycles. The standard InChI is InChI=1S/C17H14ClF3N2O2/c1-10(24)23(14-5-3-2-4-12(14)18)9-8-22-17(25)11-6-7-13(19)16(21)15(11)20/h2-7H,8-9H2,1H3,(H,22,25). The summed E-state index contributed by atoms with van der Waals surface area (Å²) in [6, 6.07) is 8.17. The highest BCUT2D eigenvalue weighted by atomic mass is 35.5. The number of amides is 2. The van der Waals surface area contributed by atoms with Crippen molar-refractivity contribution in [2.75, 3.05) is 18.0 Å². The van der Waals surface area contributed by atoms with Crippen LogP contribution in [-0.2, 0) is 4.79 Å². The third-order valence-electron chi connectivity index (χ3n) is 3.42. The molecule has 0 fully saturated rings. The van der Waals surface area contributed by atoms with Crippen LogP contribution in [0.4, 0.5) is 18.9 Å². The molecule has 2 aromatic rings. The Morgan fingerprint density at radius 2 is 1.76 bits per heavy atom. The van der Waals surface area contributed by atoms with E-state index in [0.717, 1.165) is 6.07 Å². The third-order valence-corrected chi connectivity index (χ3v) is 3.74. The number of para-hydroxylation sites is 1. The van der Waals surface area contributed by atoms with Crippen molar-refractivity contribution in [3.05, 3.63) is 64.4 Å². The van der Waals surface area contributed by atoms with Gasteiger partial charge in [0.05, 0.1) is 16.3 Å². The number of carbonyl (C=O) groups excluding carboxylic acids is 2. The molecular formula is C17H14ClF3N2O2. The molecule has 2 aromatic carbocycles. The van der Waals surface area contributed by atoms with E-state index in [1.807, 2.05) is 0 Å². The van der Waals surface area contributed by atoms with Gasteiger partial charge in [-0.15, -0.1) is 0 Å². The van der Waals surface area contributed by atoms with Crippen molar-refractivity contribution < 1.29 is 22.8 Å². The fourth-order valence-corrected chi connectivity index (χ4v) is 2.43. The predicted octanol–water partition coefficient (Wildman–Crippen LogP) is 3.54. The summed E-state index contributed by atoms with van der Waals surface area (Å²) in [4.78, 5) is 25.0. The fourth-order valence-electron chi connectivity index (χ4n) is 2.20. The van der Waals surface area contributed by atoms with Gasteiger partial charge in [-0.3, -0.25) is 9.59 Å². The highest BCUT2D eigenvalue weighted by Gasteiger charge is 2.19. The van der Waals surface area contributed by atoms with Crippen LogP contribution in [0, 0.1) is 17.5 Å². The van der Waals surface area contributed by atoms with Crippen molar-refractivity contribution in [2.24, 2.45) is 0 Å². The number of anilines is 1. The van der Waals surface area contributed by atoms with E-state index in [0.29, 0.717) is 16.8 Å². The van der Waals surface area contributed by atoms with Gasteiger partial charge in [0.25, 0.3) is 5.91 Å². The lowest BCUT2D eigenvalue weighted by molar-refractivity contribution is -0.116. The Kier molecular flexibility index (Phi) is 6.03. The van der Waals surface area contributed by atoms with Crippen LogP contribution in [0.3, 0.4) is 0 Å². The van der Waals surface area contributed by atoms with Gasteiger partial charge in [0.15, 0.2) is 17.5 Å². The van der Waals surface area contributed by atoms with Crippen LogP contribution < -0.4 is 10.2 Å². The second-order valence-electron chi connectivity index (χ2n) is 5.10. The van der Waals surface area contributed by atoms with Crippen molar-refractivity contribution >= 4 is 29.1 Å². The van der Waals surface area contributed by atoms with E-state index >= 15 is 0 Å². The Morgan fingerprint density at radius 3 is 2.40 bits per heavy atom. The van der Waals surface area contributed by atoms with E-state index in [4.69, 9.17) is 11.6 Å². The van der Waals surface area contributed by atoms with E-state index in [2.05, 4.69) is 5.32 Å². The number of hydrogen-bond donors (Lipinski definition) is 1. The third kappa shape index (κ3) is 4.30. The summed E-state index contributed by atoms with van der Waals surface area (Å²) in [5.41, 5.74) is -0.157. The molecule has 0 atom stereocenters. The monoisotopic (exact) mass is 370 g/mol. The second-order valence-corrected chi connectivity index (χ2v) is 5.51. The number of carbonyl (C=O) groups is 2. The van der Waals surface area contributed by atoms with Crippen molar-refractivity contribution in [1.82, 2.24) is 5.32 Å². The van der Waals surface area contributed by atoms with Gasteiger partial charge >= 0.3 is 0 Å². The van der Waals surface area contributed by atoms with Gasteiger partial charge in [-0.25, -0.2) is 13.2 Å². The molecule has 0 unspecified atom stereocenters. The van der Waals surface area contributed by atoms with E-state index in [1.54, 1.807) is 24.3 Å². The van der Waals surface area contributed by atoms with E-state index in [1.165, 1.54) is 11.8 Å². The maximum Gasteiger partial charge on any atom is 0.254 e. The van der Waals surface area contributed by atoms with Crippen LogP contribution in [0.1, 0.15) is 17.3 Å². The smallest absolute Gasteiger partial charge is 0.254 e. The number of rotatable bonds is 5. The number of nitrogens with one attached hydrogen (secondary N) is 1. The van der Waals surface area contributed by atoms with Gasteiger partial charge in [-0.1, -0.05) is 23.7 Å². The molecule has 0 radical (unpaired) electrons. The Hall–Kier alpha value is -2.54. The predicted molar refractivity (Wildman–Crippen MR) is 88.1 cm³/mol. The highest BCUT2D eigenvalue weighted by molar-refractivity contribution is 6.33. The summed E-state index contributed by atoms with van der Waals surface area (Å²) in [6.07, 6.45) is 0. The van der Waals surface area contributed by atoms with Crippen LogP contribution in [0.15, 0.2) is 36.4 Å². The molecular weight excluding hydrogens is 357 g/mol. The van der Waals surface area contributed by atoms with Crippen LogP contribution in [0.25, 0.3) is 0 Å². The summed E-state index contributed by atoms with van der Waals surface area (Å²) >= 11 is 6.05. The maximum absolute atomic E-state index is 13.6. The molecule has 0 aliphatic rings. The summed E-state index contributed by atoms with van der Waals surface area (Å²) in [6.45, 7) is 1.36. The molecule has 0 bridgehead atoms. The molecule has 8 heteroatoms. The molecule has 0 saturated carbocycles. The summed E-state index contributed by atoms with van der Waals surface area (Å²) in [7, 11) is 0. The van der Waals surface area contributed by atoms with Gasteiger partial charge in [0.1, 0.15) is 0 Å². The zero-order chi connectivity index (χ0) is 18.6. The first-order valence-electron chi connectivity index (χ1n) is 7.27. The largest absolute Gasteiger partial charge is 0.350 e. The minimum absolute atomic E-state index is 0.0396.